The Labute approximate surface area is 96.1 Å². The largest absolute Gasteiger partial charge is 0.496 e. The molecule has 2 aromatic rings. The number of allylic oxidation sites excluding steroid dienone is 2. The van der Waals surface area contributed by atoms with E-state index in [9.17, 15) is 0 Å². The highest BCUT2D eigenvalue weighted by atomic mass is 16.5. The van der Waals surface area contributed by atoms with Gasteiger partial charge in [-0.05, 0) is 32.0 Å². The lowest BCUT2D eigenvalue weighted by atomic mass is 10.2. The van der Waals surface area contributed by atoms with Crippen LogP contribution < -0.4 is 4.74 Å². The summed E-state index contributed by atoms with van der Waals surface area (Å²) >= 11 is 0. The number of methoxy groups -OCH3 is 1. The van der Waals surface area contributed by atoms with Gasteiger partial charge in [0.2, 0.25) is 0 Å². The minimum absolute atomic E-state index is 0.916. The Morgan fingerprint density at radius 2 is 2.12 bits per heavy atom. The summed E-state index contributed by atoms with van der Waals surface area (Å²) in [6.45, 7) is 5.15. The summed E-state index contributed by atoms with van der Waals surface area (Å²) in [7, 11) is 1.71. The topological polar surface area (TPSA) is 14.2 Å². The van der Waals surface area contributed by atoms with Crippen LogP contribution in [0.15, 0.2) is 42.1 Å². The highest BCUT2D eigenvalue weighted by Gasteiger charge is 2.04. The molecule has 0 aliphatic carbocycles. The van der Waals surface area contributed by atoms with E-state index >= 15 is 0 Å². The first-order chi connectivity index (χ1) is 7.72. The van der Waals surface area contributed by atoms with Crippen LogP contribution in [0.4, 0.5) is 0 Å². The third-order valence-electron chi connectivity index (χ3n) is 2.69. The lowest BCUT2D eigenvalue weighted by Gasteiger charge is -2.04. The highest BCUT2D eigenvalue weighted by Crippen LogP contribution is 2.26. The van der Waals surface area contributed by atoms with Crippen LogP contribution in [0.25, 0.3) is 10.9 Å². The number of benzene rings is 1. The number of hydrogen-bond acceptors (Lipinski definition) is 1. The van der Waals surface area contributed by atoms with Crippen LogP contribution in [0.3, 0.4) is 0 Å². The van der Waals surface area contributed by atoms with Crippen LogP contribution in [0.5, 0.6) is 5.75 Å². The summed E-state index contributed by atoms with van der Waals surface area (Å²) in [4.78, 5) is 0. The van der Waals surface area contributed by atoms with Gasteiger partial charge in [0.1, 0.15) is 5.75 Å². The molecule has 0 atom stereocenters. The molecule has 1 aromatic carbocycles. The van der Waals surface area contributed by atoms with Gasteiger partial charge in [0.25, 0.3) is 0 Å². The number of ether oxygens (including phenoxy) is 1. The summed E-state index contributed by atoms with van der Waals surface area (Å²) in [6.07, 6.45) is 4.32. The summed E-state index contributed by atoms with van der Waals surface area (Å²) in [6, 6.07) is 8.25. The van der Waals surface area contributed by atoms with Crippen LogP contribution >= 0.6 is 0 Å². The number of fused-ring (bicyclic) bond motifs is 1. The third-order valence-corrected chi connectivity index (χ3v) is 2.69. The van der Waals surface area contributed by atoms with Gasteiger partial charge in [-0.25, -0.2) is 0 Å². The Kier molecular flexibility index (Phi) is 3.00. The molecule has 84 valence electrons. The van der Waals surface area contributed by atoms with Crippen LogP contribution in [0.2, 0.25) is 0 Å². The molecule has 0 unspecified atom stereocenters. The SMILES string of the molecule is COc1cccc2c1ccn2CC=C(C)C. The zero-order valence-corrected chi connectivity index (χ0v) is 10.0. The number of nitrogens with zero attached hydrogens (tertiary/aromatic N) is 1. The van der Waals surface area contributed by atoms with E-state index in [0.717, 1.165) is 12.3 Å². The van der Waals surface area contributed by atoms with Crippen LogP contribution in [-0.2, 0) is 6.54 Å². The van der Waals surface area contributed by atoms with E-state index in [-0.39, 0.29) is 0 Å². The van der Waals surface area contributed by atoms with Crippen molar-refractivity contribution in [2.45, 2.75) is 20.4 Å². The first-order valence-electron chi connectivity index (χ1n) is 5.47. The van der Waals surface area contributed by atoms with Crippen molar-refractivity contribution in [2.24, 2.45) is 0 Å². The normalized spacial score (nSPS) is 10.4. The molecule has 2 heteroatoms. The Hall–Kier alpha value is -1.70. The fraction of sp³-hybridized carbons (Fsp3) is 0.286. The Bertz CT molecular complexity index is 519. The summed E-state index contributed by atoms with van der Waals surface area (Å²) < 4.78 is 7.56. The summed E-state index contributed by atoms with van der Waals surface area (Å²) in [5, 5.41) is 1.17. The summed E-state index contributed by atoms with van der Waals surface area (Å²) in [5.74, 6) is 0.938. The van der Waals surface area contributed by atoms with Gasteiger partial charge in [-0.15, -0.1) is 0 Å². The van der Waals surface area contributed by atoms with Gasteiger partial charge in [0.05, 0.1) is 12.6 Å². The van der Waals surface area contributed by atoms with E-state index in [0.29, 0.717) is 0 Å². The molecule has 0 fully saturated rings. The van der Waals surface area contributed by atoms with E-state index in [2.05, 4.69) is 42.8 Å². The molecule has 0 saturated heterocycles. The minimum Gasteiger partial charge on any atom is -0.496 e. The first kappa shape index (κ1) is 10.8. The van der Waals surface area contributed by atoms with Gasteiger partial charge in [-0.1, -0.05) is 17.7 Å². The maximum Gasteiger partial charge on any atom is 0.128 e. The molecule has 0 amide bonds. The van der Waals surface area contributed by atoms with Crippen molar-refractivity contribution in [1.29, 1.82) is 0 Å². The Morgan fingerprint density at radius 3 is 2.81 bits per heavy atom. The smallest absolute Gasteiger partial charge is 0.128 e. The molecule has 0 radical (unpaired) electrons. The maximum absolute atomic E-state index is 5.34. The monoisotopic (exact) mass is 215 g/mol. The molecular weight excluding hydrogens is 198 g/mol. The average molecular weight is 215 g/mol. The molecule has 0 aliphatic rings. The molecule has 2 nitrogen and oxygen atoms in total. The molecule has 1 aromatic heterocycles. The quantitative estimate of drug-likeness (QED) is 0.713. The molecule has 0 saturated carbocycles. The van der Waals surface area contributed by atoms with E-state index < -0.39 is 0 Å². The molecule has 2 rings (SSSR count). The Balaban J connectivity index is 2.45. The maximum atomic E-state index is 5.34. The summed E-state index contributed by atoms with van der Waals surface area (Å²) in [5.41, 5.74) is 2.56. The highest BCUT2D eigenvalue weighted by molar-refractivity contribution is 5.86. The average Bonchev–Trinajstić information content (AvgIpc) is 2.69. The number of hydrogen-bond donors (Lipinski definition) is 0. The van der Waals surface area contributed by atoms with E-state index in [1.807, 2.05) is 12.1 Å². The van der Waals surface area contributed by atoms with Crippen LogP contribution in [0, 0.1) is 0 Å². The van der Waals surface area contributed by atoms with E-state index in [1.54, 1.807) is 7.11 Å². The molecule has 1 heterocycles. The molecular formula is C14H17NO. The van der Waals surface area contributed by atoms with Gasteiger partial charge < -0.3 is 9.30 Å². The van der Waals surface area contributed by atoms with Crippen LogP contribution in [0.1, 0.15) is 13.8 Å². The number of rotatable bonds is 3. The van der Waals surface area contributed by atoms with Crippen molar-refractivity contribution in [2.75, 3.05) is 7.11 Å². The van der Waals surface area contributed by atoms with Crippen molar-refractivity contribution < 1.29 is 4.74 Å². The lowest BCUT2D eigenvalue weighted by Crippen LogP contribution is -1.93. The van der Waals surface area contributed by atoms with Gasteiger partial charge in [-0.3, -0.25) is 0 Å². The van der Waals surface area contributed by atoms with Gasteiger partial charge in [0, 0.05) is 18.1 Å². The van der Waals surface area contributed by atoms with E-state index in [4.69, 9.17) is 4.74 Å². The predicted octanol–water partition coefficient (Wildman–Crippen LogP) is 3.62. The fourth-order valence-electron chi connectivity index (χ4n) is 1.81. The van der Waals surface area contributed by atoms with E-state index in [1.165, 1.54) is 16.5 Å². The van der Waals surface area contributed by atoms with Gasteiger partial charge >= 0.3 is 0 Å². The molecule has 0 N–H and O–H groups in total. The predicted molar refractivity (Wildman–Crippen MR) is 67.9 cm³/mol. The zero-order valence-electron chi connectivity index (χ0n) is 10.0. The minimum atomic E-state index is 0.916. The standard InChI is InChI=1S/C14H17NO/c1-11(2)7-9-15-10-8-12-13(15)5-4-6-14(12)16-3/h4-8,10H,9H2,1-3H3. The van der Waals surface area contributed by atoms with Crippen molar-refractivity contribution in [3.63, 3.8) is 0 Å². The van der Waals surface area contributed by atoms with Gasteiger partial charge in [-0.2, -0.15) is 0 Å². The van der Waals surface area contributed by atoms with Crippen molar-refractivity contribution in [3.8, 4) is 5.75 Å². The lowest BCUT2D eigenvalue weighted by molar-refractivity contribution is 0.420. The fourth-order valence-corrected chi connectivity index (χ4v) is 1.81. The number of aromatic nitrogens is 1. The third kappa shape index (κ3) is 1.96. The second kappa shape index (κ2) is 4.44. The van der Waals surface area contributed by atoms with Crippen molar-refractivity contribution in [1.82, 2.24) is 4.57 Å². The molecule has 16 heavy (non-hydrogen) atoms. The van der Waals surface area contributed by atoms with Crippen LogP contribution in [-0.4, -0.2) is 11.7 Å². The molecule has 0 aliphatic heterocycles. The van der Waals surface area contributed by atoms with Gasteiger partial charge in [0.15, 0.2) is 0 Å². The van der Waals surface area contributed by atoms with Crippen molar-refractivity contribution >= 4 is 10.9 Å². The van der Waals surface area contributed by atoms with Crippen molar-refractivity contribution in [3.05, 3.63) is 42.1 Å². The molecule has 0 bridgehead atoms. The molecule has 0 spiro atoms. The second-order valence-corrected chi connectivity index (χ2v) is 4.14. The Morgan fingerprint density at radius 1 is 1.31 bits per heavy atom. The second-order valence-electron chi connectivity index (χ2n) is 4.14. The first-order valence-corrected chi connectivity index (χ1v) is 5.47. The zero-order chi connectivity index (χ0) is 11.5.